The average Bonchev–Trinajstić information content (AvgIpc) is 3.16. The highest BCUT2D eigenvalue weighted by atomic mass is 16.5. The Kier molecular flexibility index (Phi) is 4.84. The molecule has 138 valence electrons. The van der Waals surface area contributed by atoms with E-state index in [0.29, 0.717) is 31.1 Å². The zero-order valence-electron chi connectivity index (χ0n) is 14.7. The van der Waals surface area contributed by atoms with Crippen LogP contribution in [0.25, 0.3) is 0 Å². The van der Waals surface area contributed by atoms with E-state index in [1.807, 2.05) is 41.1 Å². The summed E-state index contributed by atoms with van der Waals surface area (Å²) >= 11 is 0. The Labute approximate surface area is 156 Å². The van der Waals surface area contributed by atoms with Crippen LogP contribution in [0.5, 0.6) is 5.75 Å². The first-order chi connectivity index (χ1) is 13.2. The number of fused-ring (bicyclic) bond motifs is 1. The fourth-order valence-electron chi connectivity index (χ4n) is 3.11. The van der Waals surface area contributed by atoms with Crippen molar-refractivity contribution >= 4 is 5.91 Å². The minimum Gasteiger partial charge on any atom is -0.482 e. The van der Waals surface area contributed by atoms with E-state index in [0.717, 1.165) is 11.3 Å². The number of hydrogen-bond acceptors (Lipinski definition) is 5. The molecule has 3 heterocycles. The van der Waals surface area contributed by atoms with E-state index < -0.39 is 6.10 Å². The fourth-order valence-corrected chi connectivity index (χ4v) is 3.11. The number of aliphatic hydroxyl groups excluding tert-OH is 1. The van der Waals surface area contributed by atoms with E-state index in [1.54, 1.807) is 29.4 Å². The van der Waals surface area contributed by atoms with Gasteiger partial charge in [0.2, 0.25) is 0 Å². The van der Waals surface area contributed by atoms with Crippen LogP contribution in [0.2, 0.25) is 0 Å². The molecule has 0 radical (unpaired) electrons. The molecule has 0 spiro atoms. The number of rotatable bonds is 5. The van der Waals surface area contributed by atoms with E-state index >= 15 is 0 Å². The summed E-state index contributed by atoms with van der Waals surface area (Å²) in [5, 5.41) is 15.0. The van der Waals surface area contributed by atoms with Crippen molar-refractivity contribution in [2.75, 3.05) is 13.2 Å². The van der Waals surface area contributed by atoms with Gasteiger partial charge < -0.3 is 14.7 Å². The maximum atomic E-state index is 12.4. The molecule has 0 bridgehead atoms. The SMILES string of the molecule is O=C(COc1cccnc1)N1CCn2nc([C@H](O)c3ccccc3)cc2C1. The van der Waals surface area contributed by atoms with E-state index in [2.05, 4.69) is 10.1 Å². The molecule has 3 aromatic rings. The molecule has 1 aliphatic heterocycles. The van der Waals surface area contributed by atoms with Crippen molar-refractivity contribution in [3.8, 4) is 5.75 Å². The number of aliphatic hydroxyl groups is 1. The van der Waals surface area contributed by atoms with Crippen LogP contribution in [0.15, 0.2) is 60.9 Å². The van der Waals surface area contributed by atoms with Crippen molar-refractivity contribution in [2.24, 2.45) is 0 Å². The van der Waals surface area contributed by atoms with Crippen LogP contribution in [0.1, 0.15) is 23.1 Å². The Bertz CT molecular complexity index is 911. The Hall–Kier alpha value is -3.19. The van der Waals surface area contributed by atoms with Gasteiger partial charge in [0, 0.05) is 12.7 Å². The second kappa shape index (κ2) is 7.59. The molecule has 0 unspecified atom stereocenters. The molecule has 4 rings (SSSR count). The van der Waals surface area contributed by atoms with Crippen molar-refractivity contribution in [2.45, 2.75) is 19.2 Å². The van der Waals surface area contributed by atoms with E-state index in [9.17, 15) is 9.90 Å². The standard InChI is InChI=1S/C20H20N4O3/c25-19(14-27-17-7-4-8-21-12-17)23-9-10-24-16(13-23)11-18(22-24)20(26)15-5-2-1-3-6-15/h1-8,11-12,20,26H,9-10,13-14H2/t20-/m1/s1. The molecule has 0 fully saturated rings. The Balaban J connectivity index is 1.41. The van der Waals surface area contributed by atoms with Crippen LogP contribution in [-0.2, 0) is 17.9 Å². The predicted octanol–water partition coefficient (Wildman–Crippen LogP) is 1.78. The maximum Gasteiger partial charge on any atom is 0.260 e. The van der Waals surface area contributed by atoms with Crippen molar-refractivity contribution in [1.29, 1.82) is 0 Å². The minimum absolute atomic E-state index is 0.0284. The number of nitrogens with zero attached hydrogens (tertiary/aromatic N) is 4. The van der Waals surface area contributed by atoms with Crippen LogP contribution >= 0.6 is 0 Å². The van der Waals surface area contributed by atoms with Gasteiger partial charge >= 0.3 is 0 Å². The van der Waals surface area contributed by atoms with Gasteiger partial charge in [0.25, 0.3) is 5.91 Å². The summed E-state index contributed by atoms with van der Waals surface area (Å²) in [4.78, 5) is 18.2. The number of pyridine rings is 1. The van der Waals surface area contributed by atoms with E-state index in [1.165, 1.54) is 0 Å². The topological polar surface area (TPSA) is 80.5 Å². The molecule has 1 aliphatic rings. The summed E-state index contributed by atoms with van der Waals surface area (Å²) in [7, 11) is 0. The summed E-state index contributed by atoms with van der Waals surface area (Å²) in [5.74, 6) is 0.484. The average molecular weight is 364 g/mol. The highest BCUT2D eigenvalue weighted by Crippen LogP contribution is 2.23. The number of ether oxygens (including phenoxy) is 1. The first kappa shape index (κ1) is 17.2. The van der Waals surface area contributed by atoms with Gasteiger partial charge in [-0.25, -0.2) is 0 Å². The van der Waals surface area contributed by atoms with Gasteiger partial charge in [-0.1, -0.05) is 30.3 Å². The predicted molar refractivity (Wildman–Crippen MR) is 97.9 cm³/mol. The Morgan fingerprint density at radius 1 is 1.19 bits per heavy atom. The van der Waals surface area contributed by atoms with Crippen molar-refractivity contribution in [3.05, 3.63) is 77.9 Å². The Morgan fingerprint density at radius 2 is 2.04 bits per heavy atom. The molecule has 2 aromatic heterocycles. The van der Waals surface area contributed by atoms with E-state index in [-0.39, 0.29) is 12.5 Å². The molecule has 7 nitrogen and oxygen atoms in total. The number of aromatic nitrogens is 3. The van der Waals surface area contributed by atoms with Crippen LogP contribution in [0.4, 0.5) is 0 Å². The van der Waals surface area contributed by atoms with Gasteiger partial charge in [0.05, 0.1) is 30.7 Å². The number of benzene rings is 1. The van der Waals surface area contributed by atoms with Gasteiger partial charge in [-0.3, -0.25) is 14.5 Å². The van der Waals surface area contributed by atoms with Crippen molar-refractivity contribution in [1.82, 2.24) is 19.7 Å². The van der Waals surface area contributed by atoms with Crippen LogP contribution in [0, 0.1) is 0 Å². The minimum atomic E-state index is -0.776. The molecule has 0 aliphatic carbocycles. The highest BCUT2D eigenvalue weighted by Gasteiger charge is 2.24. The molecule has 27 heavy (non-hydrogen) atoms. The highest BCUT2D eigenvalue weighted by molar-refractivity contribution is 5.77. The van der Waals surface area contributed by atoms with Gasteiger partial charge in [-0.15, -0.1) is 0 Å². The molecule has 1 aromatic carbocycles. The second-order valence-corrected chi connectivity index (χ2v) is 6.39. The second-order valence-electron chi connectivity index (χ2n) is 6.39. The van der Waals surface area contributed by atoms with Crippen LogP contribution in [-0.4, -0.2) is 43.8 Å². The van der Waals surface area contributed by atoms with Gasteiger partial charge in [-0.2, -0.15) is 5.10 Å². The molecule has 0 saturated heterocycles. The number of amides is 1. The van der Waals surface area contributed by atoms with Crippen molar-refractivity contribution < 1.29 is 14.6 Å². The van der Waals surface area contributed by atoms with E-state index in [4.69, 9.17) is 4.74 Å². The molecule has 7 heteroatoms. The number of carbonyl (C=O) groups excluding carboxylic acids is 1. The maximum absolute atomic E-state index is 12.4. The fraction of sp³-hybridized carbons (Fsp3) is 0.250. The van der Waals surface area contributed by atoms with Gasteiger partial charge in [-0.05, 0) is 23.8 Å². The number of carbonyl (C=O) groups is 1. The summed E-state index contributed by atoms with van der Waals surface area (Å²) in [5.41, 5.74) is 2.30. The first-order valence-electron chi connectivity index (χ1n) is 8.81. The smallest absolute Gasteiger partial charge is 0.260 e. The zero-order chi connectivity index (χ0) is 18.6. The lowest BCUT2D eigenvalue weighted by molar-refractivity contribution is -0.134. The monoisotopic (exact) mass is 364 g/mol. The molecule has 1 atom stereocenters. The number of hydrogen-bond donors (Lipinski definition) is 1. The van der Waals surface area contributed by atoms with Gasteiger partial charge in [0.1, 0.15) is 11.9 Å². The molecular formula is C20H20N4O3. The van der Waals surface area contributed by atoms with Crippen LogP contribution in [0.3, 0.4) is 0 Å². The van der Waals surface area contributed by atoms with Crippen molar-refractivity contribution in [3.63, 3.8) is 0 Å². The third kappa shape index (κ3) is 3.83. The van der Waals surface area contributed by atoms with Gasteiger partial charge in [0.15, 0.2) is 6.61 Å². The lowest BCUT2D eigenvalue weighted by Gasteiger charge is -2.27. The largest absolute Gasteiger partial charge is 0.482 e. The third-order valence-electron chi connectivity index (χ3n) is 4.56. The summed E-state index contributed by atoms with van der Waals surface area (Å²) < 4.78 is 7.35. The molecule has 1 amide bonds. The third-order valence-corrected chi connectivity index (χ3v) is 4.56. The summed E-state index contributed by atoms with van der Waals surface area (Å²) in [6.45, 7) is 1.57. The first-order valence-corrected chi connectivity index (χ1v) is 8.81. The Morgan fingerprint density at radius 3 is 2.81 bits per heavy atom. The lowest BCUT2D eigenvalue weighted by Crippen LogP contribution is -2.40. The summed E-state index contributed by atoms with van der Waals surface area (Å²) in [6.07, 6.45) is 2.46. The zero-order valence-corrected chi connectivity index (χ0v) is 14.7. The molecule has 0 saturated carbocycles. The summed E-state index contributed by atoms with van der Waals surface area (Å²) in [6, 6.07) is 14.8. The quantitative estimate of drug-likeness (QED) is 0.746. The normalized spacial score (nSPS) is 14.5. The molecular weight excluding hydrogens is 344 g/mol. The lowest BCUT2D eigenvalue weighted by atomic mass is 10.1. The molecule has 1 N–H and O–H groups in total. The van der Waals surface area contributed by atoms with Crippen LogP contribution < -0.4 is 4.74 Å².